The van der Waals surface area contributed by atoms with Crippen molar-refractivity contribution in [3.8, 4) is 0 Å². The highest BCUT2D eigenvalue weighted by molar-refractivity contribution is 9.10. The zero-order valence-electron chi connectivity index (χ0n) is 9.64. The largest absolute Gasteiger partial charge is 0.479 e. The molecule has 18 heavy (non-hydrogen) atoms. The molecule has 0 fully saturated rings. The van der Waals surface area contributed by atoms with E-state index in [2.05, 4.69) is 26.1 Å². The SMILES string of the molecule is CC(NC(=O)NOCC(=O)O)c1ccc(Br)cc1. The topological polar surface area (TPSA) is 87.7 Å². The molecule has 0 aromatic heterocycles. The van der Waals surface area contributed by atoms with Gasteiger partial charge < -0.3 is 10.4 Å². The molecule has 7 heteroatoms. The van der Waals surface area contributed by atoms with Crippen LogP contribution in [0, 0.1) is 0 Å². The summed E-state index contributed by atoms with van der Waals surface area (Å²) in [5.74, 6) is -1.16. The highest BCUT2D eigenvalue weighted by Crippen LogP contribution is 2.16. The number of urea groups is 1. The van der Waals surface area contributed by atoms with E-state index >= 15 is 0 Å². The minimum absolute atomic E-state index is 0.216. The van der Waals surface area contributed by atoms with Gasteiger partial charge in [-0.15, -0.1) is 0 Å². The smallest absolute Gasteiger partial charge is 0.339 e. The number of carbonyl (C=O) groups is 2. The van der Waals surface area contributed by atoms with Gasteiger partial charge in [0.2, 0.25) is 0 Å². The third kappa shape index (κ3) is 5.15. The van der Waals surface area contributed by atoms with E-state index in [1.54, 1.807) is 6.92 Å². The molecule has 0 heterocycles. The van der Waals surface area contributed by atoms with Crippen molar-refractivity contribution >= 4 is 27.9 Å². The molecule has 0 radical (unpaired) electrons. The van der Waals surface area contributed by atoms with E-state index in [0.717, 1.165) is 10.0 Å². The number of hydroxylamine groups is 1. The first-order chi connectivity index (χ1) is 8.49. The summed E-state index contributed by atoms with van der Waals surface area (Å²) in [6.45, 7) is 1.22. The van der Waals surface area contributed by atoms with Gasteiger partial charge in [-0.2, -0.15) is 0 Å². The molecule has 0 saturated heterocycles. The van der Waals surface area contributed by atoms with E-state index in [9.17, 15) is 9.59 Å². The monoisotopic (exact) mass is 316 g/mol. The van der Waals surface area contributed by atoms with Gasteiger partial charge >= 0.3 is 12.0 Å². The molecule has 1 unspecified atom stereocenters. The molecule has 1 atom stereocenters. The predicted octanol–water partition coefficient (Wildman–Crippen LogP) is 1.83. The van der Waals surface area contributed by atoms with Gasteiger partial charge in [0.25, 0.3) is 0 Å². The van der Waals surface area contributed by atoms with Crippen LogP contribution in [0.2, 0.25) is 0 Å². The highest BCUT2D eigenvalue weighted by atomic mass is 79.9. The second-order valence-electron chi connectivity index (χ2n) is 3.53. The summed E-state index contributed by atoms with van der Waals surface area (Å²) in [5, 5.41) is 10.9. The van der Waals surface area contributed by atoms with Gasteiger partial charge in [-0.05, 0) is 24.6 Å². The average Bonchev–Trinajstić information content (AvgIpc) is 2.29. The molecule has 2 amide bonds. The molecule has 1 aromatic rings. The number of carboxylic acids is 1. The number of hydrogen-bond donors (Lipinski definition) is 3. The van der Waals surface area contributed by atoms with E-state index in [0.29, 0.717) is 0 Å². The van der Waals surface area contributed by atoms with Gasteiger partial charge in [-0.3, -0.25) is 4.84 Å². The number of aliphatic carboxylic acids is 1. The van der Waals surface area contributed by atoms with Crippen molar-refractivity contribution in [3.05, 3.63) is 34.3 Å². The number of rotatable bonds is 5. The third-order valence-electron chi connectivity index (χ3n) is 2.08. The standard InChI is InChI=1S/C11H13BrN2O4/c1-7(8-2-4-9(12)5-3-8)13-11(17)14-18-6-10(15)16/h2-5,7H,6H2,1H3,(H,15,16)(H2,13,14,17). The van der Waals surface area contributed by atoms with Crippen molar-refractivity contribution in [2.75, 3.05) is 6.61 Å². The summed E-state index contributed by atoms with van der Waals surface area (Å²) in [6.07, 6.45) is 0. The second-order valence-corrected chi connectivity index (χ2v) is 4.45. The van der Waals surface area contributed by atoms with Gasteiger partial charge in [0, 0.05) is 4.47 Å². The van der Waals surface area contributed by atoms with E-state index < -0.39 is 18.6 Å². The Hall–Kier alpha value is -1.60. The lowest BCUT2D eigenvalue weighted by Crippen LogP contribution is -2.37. The molecule has 1 aromatic carbocycles. The average molecular weight is 317 g/mol. The first kappa shape index (κ1) is 14.5. The lowest BCUT2D eigenvalue weighted by Gasteiger charge is -2.14. The van der Waals surface area contributed by atoms with Crippen LogP contribution in [-0.2, 0) is 9.63 Å². The van der Waals surface area contributed by atoms with Gasteiger partial charge in [0.05, 0.1) is 6.04 Å². The minimum Gasteiger partial charge on any atom is -0.479 e. The van der Waals surface area contributed by atoms with Crippen LogP contribution in [0.1, 0.15) is 18.5 Å². The van der Waals surface area contributed by atoms with Gasteiger partial charge in [-0.1, -0.05) is 28.1 Å². The number of halogens is 1. The first-order valence-corrected chi connectivity index (χ1v) is 5.94. The Morgan fingerprint density at radius 3 is 2.56 bits per heavy atom. The normalized spacial score (nSPS) is 11.7. The van der Waals surface area contributed by atoms with Crippen molar-refractivity contribution < 1.29 is 19.5 Å². The Kier molecular flexibility index (Phi) is 5.60. The van der Waals surface area contributed by atoms with Crippen LogP contribution < -0.4 is 10.8 Å². The number of carboxylic acid groups (broad SMARTS) is 1. The number of benzene rings is 1. The van der Waals surface area contributed by atoms with Crippen molar-refractivity contribution in [1.82, 2.24) is 10.8 Å². The molecule has 0 bridgehead atoms. The van der Waals surface area contributed by atoms with Crippen molar-refractivity contribution in [3.63, 3.8) is 0 Å². The molecule has 98 valence electrons. The number of carbonyl (C=O) groups excluding carboxylic acids is 1. The fourth-order valence-electron chi connectivity index (χ4n) is 1.22. The molecular weight excluding hydrogens is 304 g/mol. The Morgan fingerprint density at radius 2 is 2.00 bits per heavy atom. The Bertz CT molecular complexity index is 422. The Balaban J connectivity index is 2.39. The molecule has 0 aliphatic carbocycles. The third-order valence-corrected chi connectivity index (χ3v) is 2.61. The van der Waals surface area contributed by atoms with E-state index in [1.807, 2.05) is 29.7 Å². The van der Waals surface area contributed by atoms with E-state index in [-0.39, 0.29) is 6.04 Å². The summed E-state index contributed by atoms with van der Waals surface area (Å²) < 4.78 is 0.952. The lowest BCUT2D eigenvalue weighted by molar-refractivity contribution is -0.144. The van der Waals surface area contributed by atoms with Crippen LogP contribution in [0.15, 0.2) is 28.7 Å². The molecule has 0 aliphatic rings. The van der Waals surface area contributed by atoms with Crippen molar-refractivity contribution in [2.45, 2.75) is 13.0 Å². The molecule has 3 N–H and O–H groups in total. The van der Waals surface area contributed by atoms with Crippen LogP contribution in [0.5, 0.6) is 0 Å². The summed E-state index contributed by atoms with van der Waals surface area (Å²) in [4.78, 5) is 25.9. The summed E-state index contributed by atoms with van der Waals surface area (Å²) in [5.41, 5.74) is 2.91. The van der Waals surface area contributed by atoms with E-state index in [1.165, 1.54) is 0 Å². The Morgan fingerprint density at radius 1 is 1.39 bits per heavy atom. The van der Waals surface area contributed by atoms with E-state index in [4.69, 9.17) is 5.11 Å². The molecule has 6 nitrogen and oxygen atoms in total. The Labute approximate surface area is 112 Å². The molecular formula is C11H13BrN2O4. The second kappa shape index (κ2) is 6.97. The zero-order chi connectivity index (χ0) is 13.5. The molecule has 0 aliphatic heterocycles. The van der Waals surface area contributed by atoms with Crippen LogP contribution in [0.25, 0.3) is 0 Å². The number of hydrogen-bond acceptors (Lipinski definition) is 3. The summed E-state index contributed by atoms with van der Waals surface area (Å²) >= 11 is 3.32. The summed E-state index contributed by atoms with van der Waals surface area (Å²) in [6, 6.07) is 6.66. The fraction of sp³-hybridized carbons (Fsp3) is 0.273. The fourth-order valence-corrected chi connectivity index (χ4v) is 1.49. The number of nitrogens with one attached hydrogen (secondary N) is 2. The molecule has 1 rings (SSSR count). The minimum atomic E-state index is -1.16. The number of amides is 2. The summed E-state index contributed by atoms with van der Waals surface area (Å²) in [7, 11) is 0. The molecule has 0 saturated carbocycles. The van der Waals surface area contributed by atoms with Gasteiger partial charge in [0.1, 0.15) is 0 Å². The lowest BCUT2D eigenvalue weighted by atomic mass is 10.1. The van der Waals surface area contributed by atoms with Crippen molar-refractivity contribution in [2.24, 2.45) is 0 Å². The van der Waals surface area contributed by atoms with Gasteiger partial charge in [0.15, 0.2) is 6.61 Å². The zero-order valence-corrected chi connectivity index (χ0v) is 11.2. The predicted molar refractivity (Wildman–Crippen MR) is 67.8 cm³/mol. The first-order valence-electron chi connectivity index (χ1n) is 5.14. The molecule has 0 spiro atoms. The van der Waals surface area contributed by atoms with Crippen LogP contribution >= 0.6 is 15.9 Å². The maximum absolute atomic E-state index is 11.3. The van der Waals surface area contributed by atoms with Gasteiger partial charge in [-0.25, -0.2) is 15.1 Å². The maximum Gasteiger partial charge on any atom is 0.339 e. The van der Waals surface area contributed by atoms with Crippen LogP contribution in [0.4, 0.5) is 4.79 Å². The van der Waals surface area contributed by atoms with Crippen molar-refractivity contribution in [1.29, 1.82) is 0 Å². The maximum atomic E-state index is 11.3. The van der Waals surface area contributed by atoms with Crippen LogP contribution in [0.3, 0.4) is 0 Å². The highest BCUT2D eigenvalue weighted by Gasteiger charge is 2.09. The quantitative estimate of drug-likeness (QED) is 0.723. The van der Waals surface area contributed by atoms with Crippen LogP contribution in [-0.4, -0.2) is 23.7 Å².